The number of anilines is 1. The maximum atomic E-state index is 12.6. The lowest BCUT2D eigenvalue weighted by molar-refractivity contribution is -0.384. The zero-order valence-corrected chi connectivity index (χ0v) is 16.5. The number of nitrogens with zero attached hydrogens (tertiary/aromatic N) is 4. The molecule has 0 saturated heterocycles. The van der Waals surface area contributed by atoms with Gasteiger partial charge in [-0.05, 0) is 38.0 Å². The fraction of sp³-hybridized carbons (Fsp3) is 0.250. The quantitative estimate of drug-likeness (QED) is 0.357. The van der Waals surface area contributed by atoms with Gasteiger partial charge in [-0.2, -0.15) is 0 Å². The van der Waals surface area contributed by atoms with Crippen LogP contribution in [0.1, 0.15) is 31.5 Å². The van der Waals surface area contributed by atoms with Gasteiger partial charge >= 0.3 is 0 Å². The van der Waals surface area contributed by atoms with Crippen LogP contribution >= 0.6 is 11.8 Å². The fourth-order valence-electron chi connectivity index (χ4n) is 2.94. The Hall–Kier alpha value is -3.20. The molecule has 1 aliphatic rings. The van der Waals surface area contributed by atoms with Crippen LogP contribution < -0.4 is 5.32 Å². The van der Waals surface area contributed by atoms with E-state index in [9.17, 15) is 14.9 Å². The summed E-state index contributed by atoms with van der Waals surface area (Å²) in [7, 11) is 0. The predicted molar refractivity (Wildman–Crippen MR) is 110 cm³/mol. The molecule has 0 radical (unpaired) electrons. The summed E-state index contributed by atoms with van der Waals surface area (Å²) in [6.07, 6.45) is 2.19. The molecule has 0 spiro atoms. The van der Waals surface area contributed by atoms with E-state index in [-0.39, 0.29) is 11.6 Å². The summed E-state index contributed by atoms with van der Waals surface area (Å²) in [4.78, 5) is 23.1. The minimum absolute atomic E-state index is 0.0685. The number of amides is 1. The first kappa shape index (κ1) is 19.1. The highest BCUT2D eigenvalue weighted by Gasteiger charge is 2.31. The molecule has 3 aromatic rings. The Balaban J connectivity index is 1.52. The minimum Gasteiger partial charge on any atom is -0.325 e. The maximum absolute atomic E-state index is 12.6. The summed E-state index contributed by atoms with van der Waals surface area (Å²) in [5.41, 5.74) is 1.29. The molecule has 1 amide bonds. The van der Waals surface area contributed by atoms with Crippen molar-refractivity contribution in [3.63, 3.8) is 0 Å². The molecule has 148 valence electrons. The van der Waals surface area contributed by atoms with E-state index in [4.69, 9.17) is 0 Å². The molecule has 4 rings (SSSR count). The number of rotatable bonds is 7. The van der Waals surface area contributed by atoms with Crippen LogP contribution in [0.5, 0.6) is 0 Å². The highest BCUT2D eigenvalue weighted by atomic mass is 32.2. The van der Waals surface area contributed by atoms with Crippen molar-refractivity contribution < 1.29 is 9.72 Å². The second kappa shape index (κ2) is 8.04. The topological polar surface area (TPSA) is 103 Å². The number of carbonyl (C=O) groups is 1. The smallest absolute Gasteiger partial charge is 0.271 e. The first-order valence-corrected chi connectivity index (χ1v) is 10.1. The Bertz CT molecular complexity index is 1050. The van der Waals surface area contributed by atoms with E-state index in [1.807, 2.05) is 34.9 Å². The lowest BCUT2D eigenvalue weighted by atomic mass is 10.2. The molecule has 1 fully saturated rings. The number of nitro groups is 1. The van der Waals surface area contributed by atoms with Crippen LogP contribution in [0.15, 0.2) is 59.8 Å². The van der Waals surface area contributed by atoms with Crippen LogP contribution in [0.25, 0.3) is 5.69 Å². The van der Waals surface area contributed by atoms with Gasteiger partial charge in [-0.15, -0.1) is 10.2 Å². The number of para-hydroxylation sites is 1. The van der Waals surface area contributed by atoms with Crippen molar-refractivity contribution in [1.82, 2.24) is 14.8 Å². The zero-order chi connectivity index (χ0) is 20.4. The van der Waals surface area contributed by atoms with Gasteiger partial charge in [0, 0.05) is 29.4 Å². The molecule has 9 heteroatoms. The monoisotopic (exact) mass is 409 g/mol. The van der Waals surface area contributed by atoms with E-state index >= 15 is 0 Å². The van der Waals surface area contributed by atoms with Gasteiger partial charge in [0.2, 0.25) is 5.91 Å². The molecule has 1 aromatic heterocycles. The summed E-state index contributed by atoms with van der Waals surface area (Å²) in [6, 6.07) is 15.7. The number of hydrogen-bond donors (Lipinski definition) is 1. The van der Waals surface area contributed by atoms with Crippen LogP contribution in [0.4, 0.5) is 11.4 Å². The van der Waals surface area contributed by atoms with Crippen LogP contribution in [0.3, 0.4) is 0 Å². The van der Waals surface area contributed by atoms with Crippen molar-refractivity contribution in [2.24, 2.45) is 0 Å². The van der Waals surface area contributed by atoms with E-state index in [1.165, 1.54) is 23.9 Å². The Kier molecular flexibility index (Phi) is 5.30. The average Bonchev–Trinajstić information content (AvgIpc) is 3.49. The molecule has 1 atom stereocenters. The molecule has 0 bridgehead atoms. The SMILES string of the molecule is CC(Sc1nnc(C2CC2)n1-c1ccccc1)C(=O)Nc1cccc([N+](=O)[O-])c1. The van der Waals surface area contributed by atoms with Crippen LogP contribution in [-0.2, 0) is 4.79 Å². The van der Waals surface area contributed by atoms with E-state index in [0.717, 1.165) is 24.4 Å². The molecular weight excluding hydrogens is 390 g/mol. The normalized spacial score (nSPS) is 14.4. The highest BCUT2D eigenvalue weighted by molar-refractivity contribution is 8.00. The fourth-order valence-corrected chi connectivity index (χ4v) is 3.81. The van der Waals surface area contributed by atoms with Crippen LogP contribution in [0, 0.1) is 10.1 Å². The molecule has 1 unspecified atom stereocenters. The Morgan fingerprint density at radius 2 is 1.97 bits per heavy atom. The third-order valence-electron chi connectivity index (χ3n) is 4.59. The van der Waals surface area contributed by atoms with Gasteiger partial charge < -0.3 is 5.32 Å². The van der Waals surface area contributed by atoms with Crippen LogP contribution in [0.2, 0.25) is 0 Å². The largest absolute Gasteiger partial charge is 0.325 e. The van der Waals surface area contributed by atoms with Crippen molar-refractivity contribution in [2.45, 2.75) is 36.1 Å². The summed E-state index contributed by atoms with van der Waals surface area (Å²) < 4.78 is 2.01. The van der Waals surface area contributed by atoms with Crippen molar-refractivity contribution in [1.29, 1.82) is 0 Å². The van der Waals surface area contributed by atoms with Crippen molar-refractivity contribution in [2.75, 3.05) is 5.32 Å². The molecule has 1 saturated carbocycles. The Morgan fingerprint density at radius 3 is 2.66 bits per heavy atom. The minimum atomic E-state index is -0.490. The van der Waals surface area contributed by atoms with Gasteiger partial charge in [0.15, 0.2) is 5.16 Å². The van der Waals surface area contributed by atoms with E-state index in [2.05, 4.69) is 15.5 Å². The molecule has 1 N–H and O–H groups in total. The van der Waals surface area contributed by atoms with E-state index < -0.39 is 10.2 Å². The first-order valence-electron chi connectivity index (χ1n) is 9.25. The number of aromatic nitrogens is 3. The van der Waals surface area contributed by atoms with E-state index in [1.54, 1.807) is 19.1 Å². The third kappa shape index (κ3) is 4.29. The van der Waals surface area contributed by atoms with E-state index in [0.29, 0.717) is 16.8 Å². The van der Waals surface area contributed by atoms with Gasteiger partial charge in [-0.25, -0.2) is 0 Å². The Morgan fingerprint density at radius 1 is 1.21 bits per heavy atom. The van der Waals surface area contributed by atoms with Crippen molar-refractivity contribution >= 4 is 29.0 Å². The summed E-state index contributed by atoms with van der Waals surface area (Å²) >= 11 is 1.31. The maximum Gasteiger partial charge on any atom is 0.271 e. The number of nitrogens with one attached hydrogen (secondary N) is 1. The number of benzene rings is 2. The molecule has 1 heterocycles. The first-order chi connectivity index (χ1) is 14.0. The van der Waals surface area contributed by atoms with Crippen LogP contribution in [-0.4, -0.2) is 30.8 Å². The number of carbonyl (C=O) groups excluding carboxylic acids is 1. The van der Waals surface area contributed by atoms with Gasteiger partial charge in [0.05, 0.1) is 10.2 Å². The predicted octanol–water partition coefficient (Wildman–Crippen LogP) is 4.17. The second-order valence-corrected chi connectivity index (χ2v) is 8.15. The number of nitro benzene ring substituents is 1. The number of hydrogen-bond acceptors (Lipinski definition) is 6. The Labute approximate surface area is 171 Å². The van der Waals surface area contributed by atoms with Crippen molar-refractivity contribution in [3.8, 4) is 5.69 Å². The van der Waals surface area contributed by atoms with Gasteiger partial charge in [0.1, 0.15) is 5.82 Å². The zero-order valence-electron chi connectivity index (χ0n) is 15.7. The van der Waals surface area contributed by atoms with Gasteiger partial charge in [0.25, 0.3) is 5.69 Å². The summed E-state index contributed by atoms with van der Waals surface area (Å²) in [5, 5.41) is 22.5. The van der Waals surface area contributed by atoms with Gasteiger partial charge in [-0.3, -0.25) is 19.5 Å². The summed E-state index contributed by atoms with van der Waals surface area (Å²) in [6.45, 7) is 1.78. The highest BCUT2D eigenvalue weighted by Crippen LogP contribution is 2.41. The molecule has 2 aromatic carbocycles. The molecule has 29 heavy (non-hydrogen) atoms. The molecular formula is C20H19N5O3S. The lowest BCUT2D eigenvalue weighted by Gasteiger charge is -2.14. The number of thioether (sulfide) groups is 1. The molecule has 1 aliphatic carbocycles. The third-order valence-corrected chi connectivity index (χ3v) is 5.63. The second-order valence-electron chi connectivity index (χ2n) is 6.84. The van der Waals surface area contributed by atoms with Crippen molar-refractivity contribution in [3.05, 3.63) is 70.5 Å². The number of non-ortho nitro benzene ring substituents is 1. The molecule has 0 aliphatic heterocycles. The summed E-state index contributed by atoms with van der Waals surface area (Å²) in [5.74, 6) is 1.07. The van der Waals surface area contributed by atoms with Gasteiger partial charge in [-0.1, -0.05) is 36.0 Å². The standard InChI is InChI=1S/C20H19N5O3S/c1-13(19(26)21-15-6-5-9-17(12-15)25(27)28)29-20-23-22-18(14-10-11-14)24(20)16-7-3-2-4-8-16/h2-9,12-14H,10-11H2,1H3,(H,21,26). The molecule has 8 nitrogen and oxygen atoms in total. The lowest BCUT2D eigenvalue weighted by Crippen LogP contribution is -2.23. The average molecular weight is 409 g/mol.